The molecule has 7 rings (SSSR count). The molecule has 7 unspecified atom stereocenters. The first-order valence-corrected chi connectivity index (χ1v) is 35.8. The number of aromatic amines is 2. The summed E-state index contributed by atoms with van der Waals surface area (Å²) in [6.45, 7) is 11.7. The Hall–Kier alpha value is -8.35. The maximum absolute atomic E-state index is 12.8. The van der Waals surface area contributed by atoms with Crippen molar-refractivity contribution in [3.63, 3.8) is 0 Å². The molecule has 1 fully saturated rings. The molecule has 5 aliphatic rings. The number of imidazole rings is 2. The fourth-order valence-corrected chi connectivity index (χ4v) is 9.89. The van der Waals surface area contributed by atoms with Gasteiger partial charge in [-0.1, -0.05) is 114 Å². The summed E-state index contributed by atoms with van der Waals surface area (Å²) in [5.41, 5.74) is 11.2. The number of nitrogens with two attached hydrogens (primary N) is 1. The van der Waals surface area contributed by atoms with Gasteiger partial charge in [0.15, 0.2) is 0 Å². The van der Waals surface area contributed by atoms with E-state index < -0.39 is 65.1 Å². The van der Waals surface area contributed by atoms with E-state index in [9.17, 15) is 53.4 Å². The van der Waals surface area contributed by atoms with Gasteiger partial charge >= 0.3 is 33.2 Å². The Labute approximate surface area is 580 Å². The van der Waals surface area contributed by atoms with Gasteiger partial charge in [-0.3, -0.25) is 43.3 Å². The third kappa shape index (κ3) is 31.9. The topological polar surface area (TPSA) is 409 Å². The summed E-state index contributed by atoms with van der Waals surface area (Å²) in [5.74, 6) is -4.15. The van der Waals surface area contributed by atoms with Crippen molar-refractivity contribution >= 4 is 74.6 Å². The zero-order valence-electron chi connectivity index (χ0n) is 55.3. The van der Waals surface area contributed by atoms with Crippen molar-refractivity contribution in [3.05, 3.63) is 178 Å². The average Bonchev–Trinajstić information content (AvgIpc) is 1.75. The number of hydrogen-bond acceptors (Lipinski definition) is 14. The van der Waals surface area contributed by atoms with E-state index in [-0.39, 0.29) is 72.9 Å². The molecule has 12 N–H and O–H groups in total. The number of amides is 8. The van der Waals surface area contributed by atoms with Crippen LogP contribution < -0.4 is 37.6 Å². The summed E-state index contributed by atoms with van der Waals surface area (Å²) in [6, 6.07) is -3.34. The van der Waals surface area contributed by atoms with Crippen LogP contribution in [0.3, 0.4) is 0 Å². The Morgan fingerprint density at radius 2 is 1.19 bits per heavy atom. The van der Waals surface area contributed by atoms with Crippen LogP contribution in [0.25, 0.3) is 21.3 Å². The number of halogens is 1. The number of imide groups is 1. The van der Waals surface area contributed by atoms with Crippen molar-refractivity contribution < 1.29 is 71.0 Å². The molecule has 27 nitrogen and oxygen atoms in total. The Balaban J connectivity index is 0.000000378. The van der Waals surface area contributed by atoms with E-state index in [2.05, 4.69) is 82.7 Å². The number of thioether (sulfide) groups is 1. The van der Waals surface area contributed by atoms with Gasteiger partial charge in [-0.25, -0.2) is 14.8 Å². The summed E-state index contributed by atoms with van der Waals surface area (Å²) >= 11 is 2.50. The van der Waals surface area contributed by atoms with Crippen LogP contribution in [0, 0.1) is 17.8 Å². The van der Waals surface area contributed by atoms with E-state index in [0.29, 0.717) is 70.2 Å². The summed E-state index contributed by atoms with van der Waals surface area (Å²) in [6.07, 6.45) is 40.5. The van der Waals surface area contributed by atoms with Crippen LogP contribution in [0.2, 0.25) is 0 Å². The first kappa shape index (κ1) is 81.9. The third-order valence-corrected chi connectivity index (χ3v) is 15.8. The maximum atomic E-state index is 12.8. The van der Waals surface area contributed by atoms with Crippen molar-refractivity contribution in [2.45, 2.75) is 148 Å². The van der Waals surface area contributed by atoms with Crippen molar-refractivity contribution in [1.82, 2.24) is 56.7 Å². The predicted molar refractivity (Wildman–Crippen MR) is 368 cm³/mol. The van der Waals surface area contributed by atoms with E-state index in [1.165, 1.54) is 61.5 Å². The van der Waals surface area contributed by atoms with Gasteiger partial charge in [-0.05, 0) is 57.3 Å². The van der Waals surface area contributed by atoms with Gasteiger partial charge in [0.1, 0.15) is 18.1 Å². The average molecular weight is 1540 g/mol. The number of H-pyrrole nitrogens is 2. The fourth-order valence-electron chi connectivity index (χ4n) is 8.91. The Kier molecular flexibility index (Phi) is 39.8. The van der Waals surface area contributed by atoms with E-state index >= 15 is 0 Å². The SMILES string of the molecule is C1=C[N-]C(=C2C=CC=C[N-]2)C=C1.C1=C[N-]C(=C2C=CC=C[N-]2)C=C1.CC(O)C(C)C(=O)NC(CCCCNC(=O)CCCCCN1C(=O)CC(SCC(=O)NCCc2cnc[nH]2)C1=O)C(=O)O.CNC(=O)C(CC(C)C)NC(=O)C(Cc1cnc[nH]1)NC(=O)C(N)C(C)C.[Cl][Os]. The molecule has 8 amide bonds. The number of nitrogens with one attached hydrogen (secondary N) is 8. The number of aliphatic carboxylic acids is 1. The Bertz CT molecular complexity index is 2990. The number of likely N-dealkylation sites (N-methyl/N-ethyl adjacent to an activating group) is 1. The van der Waals surface area contributed by atoms with Crippen LogP contribution in [0.1, 0.15) is 111 Å². The van der Waals surface area contributed by atoms with Crippen molar-refractivity contribution in [1.29, 1.82) is 0 Å². The molecular weight excluding hydrogens is 1450 g/mol. The van der Waals surface area contributed by atoms with Gasteiger partial charge in [-0.2, -0.15) is 47.6 Å². The van der Waals surface area contributed by atoms with Gasteiger partial charge in [0.25, 0.3) is 0 Å². The number of nitrogens with zero attached hydrogens (tertiary/aromatic N) is 7. The minimum absolute atomic E-state index is 0.0691. The van der Waals surface area contributed by atoms with Gasteiger partial charge in [0.05, 0.1) is 41.7 Å². The molecule has 5 aliphatic heterocycles. The first-order valence-electron chi connectivity index (χ1n) is 31.6. The molecule has 96 heavy (non-hydrogen) atoms. The van der Waals surface area contributed by atoms with Crippen LogP contribution in [-0.2, 0) is 73.6 Å². The zero-order chi connectivity index (χ0) is 70.8. The number of carbonyl (C=O) groups excluding carboxylic acids is 8. The van der Waals surface area contributed by atoms with Gasteiger partial charge in [0, 0.05) is 76.1 Å². The number of likely N-dealkylation sites (tertiary alicyclic amines) is 1. The number of carboxylic acids is 1. The second-order valence-corrected chi connectivity index (χ2v) is 24.1. The summed E-state index contributed by atoms with van der Waals surface area (Å²) < 4.78 is 0. The second kappa shape index (κ2) is 46.7. The van der Waals surface area contributed by atoms with Crippen molar-refractivity contribution in [2.24, 2.45) is 23.5 Å². The van der Waals surface area contributed by atoms with E-state index in [0.717, 1.165) is 28.5 Å². The molecule has 2 aromatic rings. The molecule has 7 heterocycles. The summed E-state index contributed by atoms with van der Waals surface area (Å²) in [4.78, 5) is 125. The zero-order valence-corrected chi connectivity index (χ0v) is 59.4. The van der Waals surface area contributed by atoms with Gasteiger partial charge in [0.2, 0.25) is 47.3 Å². The molecule has 7 atom stereocenters. The number of aliphatic hydroxyl groups is 1. The van der Waals surface area contributed by atoms with E-state index in [1.54, 1.807) is 43.5 Å². The molecule has 30 heteroatoms. The molecule has 1 saturated heterocycles. The molecule has 0 radical (unpaired) electrons. The minimum atomic E-state index is -1.15. The number of unbranched alkanes of at least 4 members (excludes halogenated alkanes) is 3. The van der Waals surface area contributed by atoms with Gasteiger partial charge < -0.3 is 79.1 Å². The fraction of sp³-hybridized carbons (Fsp3) is 0.470. The normalized spacial score (nSPS) is 18.1. The molecule has 0 saturated carbocycles. The predicted octanol–water partition coefficient (Wildman–Crippen LogP) is 6.97. The Morgan fingerprint density at radius 3 is 1.66 bits per heavy atom. The number of rotatable bonds is 31. The van der Waals surface area contributed by atoms with Crippen molar-refractivity contribution in [2.75, 3.05) is 32.4 Å². The van der Waals surface area contributed by atoms with Gasteiger partial charge in [-0.15, -0.1) is 11.8 Å². The van der Waals surface area contributed by atoms with Crippen LogP contribution in [0.4, 0.5) is 0 Å². The Morgan fingerprint density at radius 1 is 0.667 bits per heavy atom. The number of aliphatic hydroxyl groups excluding tert-OH is 1. The monoisotopic (exact) mass is 1540 g/mol. The van der Waals surface area contributed by atoms with Crippen LogP contribution in [0.5, 0.6) is 0 Å². The summed E-state index contributed by atoms with van der Waals surface area (Å²) in [7, 11) is 6.19. The molecular formula is C66H92ClN16O11OsS-4. The third-order valence-electron chi connectivity index (χ3n) is 14.6. The quantitative estimate of drug-likeness (QED) is 0.0268. The number of carboxylic acid groups (broad SMARTS) is 1. The molecule has 0 aliphatic carbocycles. The molecule has 2 aromatic heterocycles. The molecule has 0 bridgehead atoms. The number of aromatic nitrogens is 4. The summed E-state index contributed by atoms with van der Waals surface area (Å²) in [5, 5.41) is 51.0. The van der Waals surface area contributed by atoms with E-state index in [1.807, 2.05) is 101 Å². The first-order chi connectivity index (χ1) is 46.1. The number of hydrogen-bond donors (Lipinski definition) is 11. The number of carbonyl (C=O) groups is 9. The standard InChI is InChI=1S/C28H44N6O8S.C18H32N6O3.2C10H8N2.ClH.Os/c1-18(19(2)35)26(39)33-21(28(41)42)8-5-6-11-30-23(36)9-4-3-7-13-34-25(38)14-22(27(34)40)43-16-24(37)31-12-10-20-15-29-17-32-20;1-10(2)6-13(16(25)20-5)23-17(26)14(7-12-8-21-9-22-12)24-18(27)15(19)11(3)4;2*1-3-7-11-9(5-1)10-6-2-4-8-12-10;;/h15,17-19,21-22,35H,3-14,16H2,1-2H3,(H,29,32)(H,30,36)(H,31,37)(H,33,39)(H,41,42);8-11,13-15H,6-7,19H2,1-5H3,(H,20,25)(H,21,22)(H,23,26)(H,24,27);2*1-8H;1H;/q;;2*-2;;+1/p-1. The van der Waals surface area contributed by atoms with E-state index in [4.69, 9.17) is 5.73 Å². The molecule has 0 spiro atoms. The molecule has 527 valence electrons. The number of allylic oxidation sites excluding steroid dienone is 12. The second-order valence-electron chi connectivity index (χ2n) is 22.9. The van der Waals surface area contributed by atoms with Crippen LogP contribution in [0.15, 0.2) is 146 Å². The molecule has 0 aromatic carbocycles. The van der Waals surface area contributed by atoms with Crippen LogP contribution >= 0.6 is 21.4 Å². The van der Waals surface area contributed by atoms with Crippen LogP contribution in [-0.4, -0.2) is 156 Å². The van der Waals surface area contributed by atoms with Crippen molar-refractivity contribution in [3.8, 4) is 0 Å².